The summed E-state index contributed by atoms with van der Waals surface area (Å²) in [6.07, 6.45) is 37.8. The quantitative estimate of drug-likeness (QED) is 0.0375. The van der Waals surface area contributed by atoms with E-state index in [0.717, 1.165) is 84.2 Å². The minimum atomic E-state index is -0.0923. The molecule has 1 unspecified atom stereocenters. The molecule has 0 heterocycles. The van der Waals surface area contributed by atoms with Crippen molar-refractivity contribution in [2.75, 3.05) is 54.7 Å². The summed E-state index contributed by atoms with van der Waals surface area (Å²) in [5.41, 5.74) is 0. The van der Waals surface area contributed by atoms with Gasteiger partial charge in [-0.05, 0) is 97.6 Å². The van der Waals surface area contributed by atoms with Crippen molar-refractivity contribution in [3.63, 3.8) is 0 Å². The normalized spacial score (nSPS) is 12.4. The first-order valence-electron chi connectivity index (χ1n) is 19.3. The van der Waals surface area contributed by atoms with E-state index in [1.165, 1.54) is 104 Å². The van der Waals surface area contributed by atoms with Gasteiger partial charge in [0, 0.05) is 39.2 Å². The summed E-state index contributed by atoms with van der Waals surface area (Å²) < 4.78 is 21.5. The van der Waals surface area contributed by atoms with Gasteiger partial charge in [0.15, 0.2) is 0 Å². The number of methoxy groups -OCH3 is 2. The molecule has 0 rings (SSSR count). The van der Waals surface area contributed by atoms with E-state index in [9.17, 15) is 9.59 Å². The van der Waals surface area contributed by atoms with Crippen molar-refractivity contribution in [1.82, 2.24) is 4.90 Å². The Hall–Kier alpha value is -1.70. The number of rotatable bonds is 36. The molecule has 0 aliphatic heterocycles. The van der Waals surface area contributed by atoms with Crippen LogP contribution in [-0.4, -0.2) is 77.6 Å². The van der Waals surface area contributed by atoms with E-state index in [1.54, 1.807) is 0 Å². The molecule has 7 nitrogen and oxygen atoms in total. The fraction of sp³-hybridized carbons (Fsp3) is 0.850. The van der Waals surface area contributed by atoms with Gasteiger partial charge in [-0.25, -0.2) is 0 Å². The van der Waals surface area contributed by atoms with Crippen molar-refractivity contribution in [2.24, 2.45) is 0 Å². The highest BCUT2D eigenvalue weighted by Crippen LogP contribution is 2.12. The van der Waals surface area contributed by atoms with Crippen molar-refractivity contribution >= 4 is 11.9 Å². The monoisotopic (exact) mass is 666 g/mol. The van der Waals surface area contributed by atoms with Crippen molar-refractivity contribution in [3.05, 3.63) is 24.3 Å². The lowest BCUT2D eigenvalue weighted by Gasteiger charge is -2.21. The molecule has 0 aliphatic rings. The van der Waals surface area contributed by atoms with E-state index in [2.05, 4.69) is 52.8 Å². The molecule has 0 saturated heterocycles. The van der Waals surface area contributed by atoms with E-state index in [-0.39, 0.29) is 18.0 Å². The minimum absolute atomic E-state index is 0.0920. The third kappa shape index (κ3) is 37.0. The maximum Gasteiger partial charge on any atom is 0.305 e. The molecule has 0 N–H and O–H groups in total. The summed E-state index contributed by atoms with van der Waals surface area (Å²) in [7, 11) is 7.15. The standard InChI is InChI=1S/C40H75NO6/c1-41(2)37-38(47-35-30-26-22-18-14-10-6-8-12-16-20-24-28-32-40(43)45-4)33-36-46-34-29-25-21-17-13-9-5-7-11-15-19-23-27-31-39(42)44-3/h5-8,38H,9-37H2,1-4H3/b7-5-,8-6-. The van der Waals surface area contributed by atoms with E-state index >= 15 is 0 Å². The van der Waals surface area contributed by atoms with Crippen LogP contribution >= 0.6 is 0 Å². The summed E-state index contributed by atoms with van der Waals surface area (Å²) in [5.74, 6) is -0.184. The Morgan fingerprint density at radius 2 is 0.894 bits per heavy atom. The molecule has 0 aromatic carbocycles. The number of likely N-dealkylation sites (N-methyl/N-ethyl adjacent to an activating group) is 1. The van der Waals surface area contributed by atoms with Crippen molar-refractivity contribution in [3.8, 4) is 0 Å². The highest BCUT2D eigenvalue weighted by molar-refractivity contribution is 5.69. The van der Waals surface area contributed by atoms with Gasteiger partial charge in [-0.3, -0.25) is 9.59 Å². The van der Waals surface area contributed by atoms with Gasteiger partial charge in [0.1, 0.15) is 0 Å². The summed E-state index contributed by atoms with van der Waals surface area (Å²) in [6, 6.07) is 0. The molecule has 1 atom stereocenters. The molecule has 0 spiro atoms. The number of hydrogen-bond acceptors (Lipinski definition) is 7. The molecular formula is C40H75NO6. The van der Waals surface area contributed by atoms with Gasteiger partial charge >= 0.3 is 11.9 Å². The molecule has 0 amide bonds. The Labute approximate surface area is 290 Å². The Balaban J connectivity index is 3.55. The smallest absolute Gasteiger partial charge is 0.305 e. The molecule has 0 bridgehead atoms. The SMILES string of the molecule is COC(=O)CCCCCC/C=C\CCCCCCCOCCC(CN(C)C)OCCCCCCC/C=C\CCCCCCC(=O)OC. The Kier molecular flexibility index (Phi) is 35.8. The number of unbranched alkanes of at least 4 members (excludes halogenated alkanes) is 18. The van der Waals surface area contributed by atoms with Gasteiger partial charge in [0.05, 0.1) is 20.3 Å². The van der Waals surface area contributed by atoms with E-state index in [0.29, 0.717) is 12.8 Å². The number of ether oxygens (including phenoxy) is 4. The van der Waals surface area contributed by atoms with Crippen molar-refractivity contribution in [2.45, 2.75) is 167 Å². The van der Waals surface area contributed by atoms with Crippen LogP contribution in [0, 0.1) is 0 Å². The summed E-state index contributed by atoms with van der Waals surface area (Å²) in [4.78, 5) is 24.4. The van der Waals surface area contributed by atoms with Crippen LogP contribution in [0.2, 0.25) is 0 Å². The predicted octanol–water partition coefficient (Wildman–Crippen LogP) is 10.2. The number of hydrogen-bond donors (Lipinski definition) is 0. The average molecular weight is 666 g/mol. The van der Waals surface area contributed by atoms with Crippen LogP contribution < -0.4 is 0 Å². The van der Waals surface area contributed by atoms with Gasteiger partial charge in [0.25, 0.3) is 0 Å². The summed E-state index contributed by atoms with van der Waals surface area (Å²) >= 11 is 0. The molecule has 276 valence electrons. The van der Waals surface area contributed by atoms with E-state index in [1.807, 2.05) is 0 Å². The lowest BCUT2D eigenvalue weighted by atomic mass is 10.1. The van der Waals surface area contributed by atoms with Gasteiger partial charge in [-0.1, -0.05) is 88.5 Å². The first kappa shape index (κ1) is 45.3. The predicted molar refractivity (Wildman–Crippen MR) is 197 cm³/mol. The van der Waals surface area contributed by atoms with Crippen LogP contribution in [0.15, 0.2) is 24.3 Å². The average Bonchev–Trinajstić information content (AvgIpc) is 3.06. The highest BCUT2D eigenvalue weighted by atomic mass is 16.5. The van der Waals surface area contributed by atoms with Gasteiger partial charge in [-0.2, -0.15) is 0 Å². The second-order valence-electron chi connectivity index (χ2n) is 13.3. The number of nitrogens with zero attached hydrogens (tertiary/aromatic N) is 1. The van der Waals surface area contributed by atoms with Crippen LogP contribution in [0.3, 0.4) is 0 Å². The second-order valence-corrected chi connectivity index (χ2v) is 13.3. The fourth-order valence-corrected chi connectivity index (χ4v) is 5.54. The van der Waals surface area contributed by atoms with Crippen molar-refractivity contribution < 1.29 is 28.5 Å². The molecule has 0 saturated carbocycles. The van der Waals surface area contributed by atoms with Crippen LogP contribution in [0.1, 0.15) is 161 Å². The molecule has 0 aromatic rings. The Bertz CT molecular complexity index is 738. The van der Waals surface area contributed by atoms with E-state index in [4.69, 9.17) is 9.47 Å². The first-order valence-corrected chi connectivity index (χ1v) is 19.3. The number of allylic oxidation sites excluding steroid dienone is 4. The molecule has 0 fully saturated rings. The third-order valence-electron chi connectivity index (χ3n) is 8.47. The van der Waals surface area contributed by atoms with Crippen molar-refractivity contribution in [1.29, 1.82) is 0 Å². The van der Waals surface area contributed by atoms with Gasteiger partial charge < -0.3 is 23.8 Å². The number of esters is 2. The zero-order chi connectivity index (χ0) is 34.5. The van der Waals surface area contributed by atoms with Gasteiger partial charge in [0.2, 0.25) is 0 Å². The Morgan fingerprint density at radius 3 is 1.32 bits per heavy atom. The molecule has 0 aliphatic carbocycles. The maximum atomic E-state index is 11.1. The van der Waals surface area contributed by atoms with Crippen LogP contribution in [-0.2, 0) is 28.5 Å². The van der Waals surface area contributed by atoms with Gasteiger partial charge in [-0.15, -0.1) is 0 Å². The summed E-state index contributed by atoms with van der Waals surface area (Å²) in [6.45, 7) is 3.46. The second kappa shape index (κ2) is 37.1. The fourth-order valence-electron chi connectivity index (χ4n) is 5.54. The molecular weight excluding hydrogens is 590 g/mol. The van der Waals surface area contributed by atoms with Crippen LogP contribution in [0.25, 0.3) is 0 Å². The molecule has 0 radical (unpaired) electrons. The zero-order valence-electron chi connectivity index (χ0n) is 31.3. The number of carbonyl (C=O) groups is 2. The Morgan fingerprint density at radius 1 is 0.511 bits per heavy atom. The maximum absolute atomic E-state index is 11.1. The lowest BCUT2D eigenvalue weighted by Crippen LogP contribution is -2.30. The first-order chi connectivity index (χ1) is 23.0. The minimum Gasteiger partial charge on any atom is -0.469 e. The third-order valence-corrected chi connectivity index (χ3v) is 8.47. The van der Waals surface area contributed by atoms with Crippen LogP contribution in [0.5, 0.6) is 0 Å². The van der Waals surface area contributed by atoms with E-state index < -0.39 is 0 Å². The highest BCUT2D eigenvalue weighted by Gasteiger charge is 2.10. The van der Waals surface area contributed by atoms with Crippen LogP contribution in [0.4, 0.5) is 0 Å². The largest absolute Gasteiger partial charge is 0.469 e. The molecule has 7 heteroatoms. The zero-order valence-corrected chi connectivity index (χ0v) is 31.3. The molecule has 0 aromatic heterocycles. The summed E-state index contributed by atoms with van der Waals surface area (Å²) in [5, 5.41) is 0. The molecule has 47 heavy (non-hydrogen) atoms. The topological polar surface area (TPSA) is 74.3 Å². The lowest BCUT2D eigenvalue weighted by molar-refractivity contribution is -0.141. The number of carbonyl (C=O) groups excluding carboxylic acids is 2.